The fourth-order valence-corrected chi connectivity index (χ4v) is 2.72. The number of aliphatic hydroxyl groups excluding tert-OH is 2. The Morgan fingerprint density at radius 2 is 1.83 bits per heavy atom. The predicted octanol–water partition coefficient (Wildman–Crippen LogP) is 3.97. The number of rotatable bonds is 5. The highest BCUT2D eigenvalue weighted by Crippen LogP contribution is 2.31. The fourth-order valence-electron chi connectivity index (χ4n) is 2.42. The average Bonchev–Trinajstić information content (AvgIpc) is 2.61. The molecule has 0 saturated heterocycles. The maximum Gasteiger partial charge on any atom is 0.0942 e. The Morgan fingerprint density at radius 1 is 1.04 bits per heavy atom. The Hall–Kier alpha value is -1.85. The third kappa shape index (κ3) is 3.62. The summed E-state index contributed by atoms with van der Waals surface area (Å²) in [6, 6.07) is 15.0. The van der Waals surface area contributed by atoms with Gasteiger partial charge in [0.1, 0.15) is 0 Å². The minimum Gasteiger partial charge on any atom is -0.394 e. The van der Waals surface area contributed by atoms with Gasteiger partial charge in [-0.2, -0.15) is 0 Å². The van der Waals surface area contributed by atoms with Crippen LogP contribution < -0.4 is 5.32 Å². The monoisotopic (exact) mass is 362 g/mol. The van der Waals surface area contributed by atoms with Crippen LogP contribution in [0.1, 0.15) is 0 Å². The maximum absolute atomic E-state index is 9.58. The molecule has 1 unspecified atom stereocenters. The number of nitrogens with one attached hydrogen (secondary N) is 1. The highest BCUT2D eigenvalue weighted by atomic mass is 35.5. The molecule has 2 aromatic carbocycles. The van der Waals surface area contributed by atoms with Crippen LogP contribution >= 0.6 is 23.2 Å². The molecule has 0 radical (unpaired) electrons. The molecule has 3 rings (SSSR count). The van der Waals surface area contributed by atoms with Gasteiger partial charge in [0.15, 0.2) is 0 Å². The molecule has 0 saturated carbocycles. The molecule has 0 aliphatic carbocycles. The first-order valence-electron chi connectivity index (χ1n) is 7.46. The molecule has 3 aromatic rings. The van der Waals surface area contributed by atoms with Gasteiger partial charge >= 0.3 is 0 Å². The van der Waals surface area contributed by atoms with E-state index in [9.17, 15) is 5.11 Å². The Labute approximate surface area is 149 Å². The first-order valence-corrected chi connectivity index (χ1v) is 8.22. The molecule has 1 aromatic heterocycles. The van der Waals surface area contributed by atoms with Crippen LogP contribution in [0.15, 0.2) is 48.5 Å². The zero-order valence-corrected chi connectivity index (χ0v) is 14.2. The number of benzene rings is 2. The van der Waals surface area contributed by atoms with Crippen LogP contribution in [-0.2, 0) is 0 Å². The smallest absolute Gasteiger partial charge is 0.0942 e. The molecule has 0 aliphatic heterocycles. The second-order valence-electron chi connectivity index (χ2n) is 5.42. The van der Waals surface area contributed by atoms with Crippen molar-refractivity contribution in [1.29, 1.82) is 0 Å². The van der Waals surface area contributed by atoms with E-state index in [1.807, 2.05) is 36.4 Å². The summed E-state index contributed by atoms with van der Waals surface area (Å²) in [5, 5.41) is 23.6. The summed E-state index contributed by atoms with van der Waals surface area (Å²) in [5.74, 6) is 0. The number of anilines is 1. The standard InChI is InChI=1S/C18H16Cl2N2O2/c19-14-6-5-11(7-15(14)20)17-8-18(21-9-12(24)10-23)13-3-1-2-4-16(13)22-17/h1-8,12,23-24H,9-10H2,(H,21,22). The van der Waals surface area contributed by atoms with Gasteiger partial charge in [-0.1, -0.05) is 47.5 Å². The Morgan fingerprint density at radius 3 is 2.58 bits per heavy atom. The molecule has 3 N–H and O–H groups in total. The van der Waals surface area contributed by atoms with E-state index in [1.165, 1.54) is 0 Å². The van der Waals surface area contributed by atoms with Crippen LogP contribution in [0.3, 0.4) is 0 Å². The summed E-state index contributed by atoms with van der Waals surface area (Å²) in [6.45, 7) is -0.0546. The van der Waals surface area contributed by atoms with Gasteiger partial charge in [-0.15, -0.1) is 0 Å². The molecule has 0 fully saturated rings. The maximum atomic E-state index is 9.58. The fraction of sp³-hybridized carbons (Fsp3) is 0.167. The molecule has 0 bridgehead atoms. The number of hydrogen-bond acceptors (Lipinski definition) is 4. The van der Waals surface area contributed by atoms with Crippen molar-refractivity contribution in [3.63, 3.8) is 0 Å². The number of pyridine rings is 1. The first kappa shape index (κ1) is 17.0. The molecule has 1 heterocycles. The van der Waals surface area contributed by atoms with Crippen molar-refractivity contribution in [1.82, 2.24) is 4.98 Å². The van der Waals surface area contributed by atoms with Gasteiger partial charge < -0.3 is 15.5 Å². The van der Waals surface area contributed by atoms with Gasteiger partial charge in [0.2, 0.25) is 0 Å². The first-order chi connectivity index (χ1) is 11.6. The number of aromatic nitrogens is 1. The van der Waals surface area contributed by atoms with Gasteiger partial charge in [-0.05, 0) is 24.3 Å². The summed E-state index contributed by atoms with van der Waals surface area (Å²) in [6.07, 6.45) is -0.828. The minimum absolute atomic E-state index is 0.241. The number of nitrogens with zero attached hydrogens (tertiary/aromatic N) is 1. The number of fused-ring (bicyclic) bond motifs is 1. The SMILES string of the molecule is OCC(O)CNc1cc(-c2ccc(Cl)c(Cl)c2)nc2ccccc12. The lowest BCUT2D eigenvalue weighted by atomic mass is 10.1. The van der Waals surface area contributed by atoms with E-state index in [-0.39, 0.29) is 13.2 Å². The molecule has 0 aliphatic rings. The zero-order valence-electron chi connectivity index (χ0n) is 12.7. The molecule has 1 atom stereocenters. The highest BCUT2D eigenvalue weighted by molar-refractivity contribution is 6.42. The number of halogens is 2. The molecule has 124 valence electrons. The van der Waals surface area contributed by atoms with Gasteiger partial charge in [0.05, 0.1) is 34.0 Å². The summed E-state index contributed by atoms with van der Waals surface area (Å²) < 4.78 is 0. The van der Waals surface area contributed by atoms with Crippen molar-refractivity contribution in [2.75, 3.05) is 18.5 Å². The van der Waals surface area contributed by atoms with Gasteiger partial charge in [-0.25, -0.2) is 4.98 Å². The van der Waals surface area contributed by atoms with Crippen molar-refractivity contribution >= 4 is 39.8 Å². The van der Waals surface area contributed by atoms with Crippen molar-refractivity contribution in [2.45, 2.75) is 6.10 Å². The van der Waals surface area contributed by atoms with Crippen LogP contribution in [0, 0.1) is 0 Å². The largest absolute Gasteiger partial charge is 0.394 e. The van der Waals surface area contributed by atoms with Crippen LogP contribution in [0.2, 0.25) is 10.0 Å². The lowest BCUT2D eigenvalue weighted by Gasteiger charge is -2.14. The van der Waals surface area contributed by atoms with E-state index in [4.69, 9.17) is 28.3 Å². The third-order valence-electron chi connectivity index (χ3n) is 3.67. The zero-order chi connectivity index (χ0) is 17.1. The molecular weight excluding hydrogens is 347 g/mol. The molecule has 4 nitrogen and oxygen atoms in total. The summed E-state index contributed by atoms with van der Waals surface area (Å²) in [7, 11) is 0. The summed E-state index contributed by atoms with van der Waals surface area (Å²) >= 11 is 12.1. The van der Waals surface area contributed by atoms with Gasteiger partial charge in [-0.3, -0.25) is 0 Å². The highest BCUT2D eigenvalue weighted by Gasteiger charge is 2.10. The Bertz CT molecular complexity index is 871. The molecule has 6 heteroatoms. The van der Waals surface area contributed by atoms with E-state index < -0.39 is 6.10 Å². The van der Waals surface area contributed by atoms with Crippen molar-refractivity contribution < 1.29 is 10.2 Å². The second kappa shape index (κ2) is 7.36. The molecular formula is C18H16Cl2N2O2. The van der Waals surface area contributed by atoms with E-state index in [0.717, 1.165) is 27.8 Å². The number of para-hydroxylation sites is 1. The number of aliphatic hydroxyl groups is 2. The lowest BCUT2D eigenvalue weighted by molar-refractivity contribution is 0.105. The Kier molecular flexibility index (Phi) is 5.21. The van der Waals surface area contributed by atoms with E-state index >= 15 is 0 Å². The predicted molar refractivity (Wildman–Crippen MR) is 98.8 cm³/mol. The quantitative estimate of drug-likeness (QED) is 0.642. The van der Waals surface area contributed by atoms with E-state index in [0.29, 0.717) is 10.0 Å². The van der Waals surface area contributed by atoms with Crippen LogP contribution in [0.5, 0.6) is 0 Å². The second-order valence-corrected chi connectivity index (χ2v) is 6.23. The normalized spacial score (nSPS) is 12.3. The summed E-state index contributed by atoms with van der Waals surface area (Å²) in [4.78, 5) is 4.67. The van der Waals surface area contributed by atoms with Crippen LogP contribution in [0.25, 0.3) is 22.2 Å². The van der Waals surface area contributed by atoms with Gasteiger partial charge in [0.25, 0.3) is 0 Å². The molecule has 0 amide bonds. The Balaban J connectivity index is 2.07. The number of hydrogen-bond donors (Lipinski definition) is 3. The lowest BCUT2D eigenvalue weighted by Crippen LogP contribution is -2.23. The van der Waals surface area contributed by atoms with Crippen molar-refractivity contribution in [2.24, 2.45) is 0 Å². The van der Waals surface area contributed by atoms with Crippen molar-refractivity contribution in [3.8, 4) is 11.3 Å². The van der Waals surface area contributed by atoms with E-state index in [1.54, 1.807) is 12.1 Å². The third-order valence-corrected chi connectivity index (χ3v) is 4.41. The van der Waals surface area contributed by atoms with Crippen LogP contribution in [0.4, 0.5) is 5.69 Å². The average molecular weight is 363 g/mol. The van der Waals surface area contributed by atoms with E-state index in [2.05, 4.69) is 10.3 Å². The minimum atomic E-state index is -0.828. The molecule has 24 heavy (non-hydrogen) atoms. The topological polar surface area (TPSA) is 65.4 Å². The van der Waals surface area contributed by atoms with Crippen LogP contribution in [-0.4, -0.2) is 34.5 Å². The summed E-state index contributed by atoms with van der Waals surface area (Å²) in [5.41, 5.74) is 3.24. The van der Waals surface area contributed by atoms with Crippen molar-refractivity contribution in [3.05, 3.63) is 58.6 Å². The van der Waals surface area contributed by atoms with Gasteiger partial charge in [0, 0.05) is 23.2 Å². The molecule has 0 spiro atoms.